The zero-order chi connectivity index (χ0) is 17.1. The molecule has 0 spiro atoms. The molecule has 1 aliphatic heterocycles. The van der Waals surface area contributed by atoms with Crippen LogP contribution in [-0.2, 0) is 0 Å². The van der Waals surface area contributed by atoms with E-state index in [1.807, 2.05) is 0 Å². The Hall–Kier alpha value is -2.89. The lowest BCUT2D eigenvalue weighted by Gasteiger charge is -2.36. The Labute approximate surface area is 140 Å². The summed E-state index contributed by atoms with van der Waals surface area (Å²) in [6, 6.07) is 14.2. The van der Waals surface area contributed by atoms with Gasteiger partial charge in [-0.05, 0) is 31.2 Å². The molecule has 124 valence electrons. The fourth-order valence-corrected chi connectivity index (χ4v) is 2.83. The summed E-state index contributed by atoms with van der Waals surface area (Å²) in [5, 5.41) is 10.7. The predicted molar refractivity (Wildman–Crippen MR) is 92.4 cm³/mol. The summed E-state index contributed by atoms with van der Waals surface area (Å²) in [5.41, 5.74) is 2.88. The quantitative estimate of drug-likeness (QED) is 0.643. The molecular weight excluding hydrogens is 306 g/mol. The summed E-state index contributed by atoms with van der Waals surface area (Å²) >= 11 is 0. The van der Waals surface area contributed by atoms with E-state index in [2.05, 4.69) is 36.1 Å². The number of benzene rings is 2. The van der Waals surface area contributed by atoms with Gasteiger partial charge < -0.3 is 9.80 Å². The van der Waals surface area contributed by atoms with Crippen LogP contribution in [0.15, 0.2) is 48.5 Å². The highest BCUT2D eigenvalue weighted by Gasteiger charge is 2.22. The molecule has 0 unspecified atom stereocenters. The summed E-state index contributed by atoms with van der Waals surface area (Å²) in [6.07, 6.45) is 0. The monoisotopic (exact) mass is 325 g/mol. The van der Waals surface area contributed by atoms with Gasteiger partial charge in [0.1, 0.15) is 0 Å². The van der Waals surface area contributed by atoms with Crippen LogP contribution in [0.5, 0.6) is 0 Å². The number of nitro benzene ring substituents is 1. The number of nitrogens with zero attached hydrogens (tertiary/aromatic N) is 3. The first-order valence-corrected chi connectivity index (χ1v) is 7.90. The molecule has 0 saturated carbocycles. The first kappa shape index (κ1) is 16.0. The van der Waals surface area contributed by atoms with Gasteiger partial charge in [0.25, 0.3) is 11.6 Å². The molecule has 1 heterocycles. The summed E-state index contributed by atoms with van der Waals surface area (Å²) in [7, 11) is 0. The minimum Gasteiger partial charge on any atom is -0.368 e. The Kier molecular flexibility index (Phi) is 4.46. The maximum Gasteiger partial charge on any atom is 0.269 e. The minimum atomic E-state index is -0.464. The number of carbonyl (C=O) groups is 1. The number of carbonyl (C=O) groups excluding carboxylic acids is 1. The number of aryl methyl sites for hydroxylation is 1. The van der Waals surface area contributed by atoms with Gasteiger partial charge >= 0.3 is 0 Å². The third kappa shape index (κ3) is 3.37. The van der Waals surface area contributed by atoms with Gasteiger partial charge in [0, 0.05) is 49.6 Å². The van der Waals surface area contributed by atoms with Crippen molar-refractivity contribution in [3.63, 3.8) is 0 Å². The number of piperazine rings is 1. The maximum atomic E-state index is 12.5. The molecule has 0 bridgehead atoms. The van der Waals surface area contributed by atoms with E-state index < -0.39 is 4.92 Å². The highest BCUT2D eigenvalue weighted by atomic mass is 16.6. The van der Waals surface area contributed by atoms with Gasteiger partial charge in [-0.3, -0.25) is 14.9 Å². The van der Waals surface area contributed by atoms with Crippen LogP contribution in [-0.4, -0.2) is 41.9 Å². The molecule has 6 heteroatoms. The van der Waals surface area contributed by atoms with Gasteiger partial charge in [-0.2, -0.15) is 0 Å². The predicted octanol–water partition coefficient (Wildman–Crippen LogP) is 2.87. The normalized spacial score (nSPS) is 14.5. The molecule has 24 heavy (non-hydrogen) atoms. The van der Waals surface area contributed by atoms with Crippen LogP contribution < -0.4 is 4.90 Å². The molecular formula is C18H19N3O3. The molecule has 0 radical (unpaired) electrons. The van der Waals surface area contributed by atoms with E-state index in [9.17, 15) is 14.9 Å². The fourth-order valence-electron chi connectivity index (χ4n) is 2.83. The number of anilines is 1. The van der Waals surface area contributed by atoms with Crippen LogP contribution in [0, 0.1) is 17.0 Å². The zero-order valence-electron chi connectivity index (χ0n) is 13.5. The van der Waals surface area contributed by atoms with Gasteiger partial charge in [0.2, 0.25) is 0 Å². The second-order valence-electron chi connectivity index (χ2n) is 5.92. The lowest BCUT2D eigenvalue weighted by atomic mass is 10.1. The molecule has 0 atom stereocenters. The molecule has 1 fully saturated rings. The van der Waals surface area contributed by atoms with Gasteiger partial charge in [0.05, 0.1) is 4.92 Å². The topological polar surface area (TPSA) is 66.7 Å². The first-order chi connectivity index (χ1) is 11.5. The number of amides is 1. The second-order valence-corrected chi connectivity index (χ2v) is 5.92. The van der Waals surface area contributed by atoms with Crippen molar-refractivity contribution in [3.05, 3.63) is 69.8 Å². The van der Waals surface area contributed by atoms with Crippen molar-refractivity contribution < 1.29 is 9.72 Å². The van der Waals surface area contributed by atoms with E-state index >= 15 is 0 Å². The second kappa shape index (κ2) is 6.70. The Bertz CT molecular complexity index is 733. The highest BCUT2D eigenvalue weighted by molar-refractivity contribution is 5.94. The van der Waals surface area contributed by atoms with E-state index in [1.54, 1.807) is 4.90 Å². The summed E-state index contributed by atoms with van der Waals surface area (Å²) in [6.45, 7) is 4.90. The van der Waals surface area contributed by atoms with Gasteiger partial charge in [0.15, 0.2) is 0 Å². The van der Waals surface area contributed by atoms with Crippen molar-refractivity contribution in [1.82, 2.24) is 4.90 Å². The fraction of sp³-hybridized carbons (Fsp3) is 0.278. The van der Waals surface area contributed by atoms with Crippen molar-refractivity contribution in [3.8, 4) is 0 Å². The Morgan fingerprint density at radius 1 is 0.958 bits per heavy atom. The van der Waals surface area contributed by atoms with E-state index in [-0.39, 0.29) is 11.6 Å². The molecule has 1 aliphatic rings. The van der Waals surface area contributed by atoms with Gasteiger partial charge in [-0.25, -0.2) is 0 Å². The van der Waals surface area contributed by atoms with Crippen LogP contribution in [0.25, 0.3) is 0 Å². The number of hydrogen-bond acceptors (Lipinski definition) is 4. The smallest absolute Gasteiger partial charge is 0.269 e. The molecule has 3 rings (SSSR count). The van der Waals surface area contributed by atoms with Crippen LogP contribution in [0.2, 0.25) is 0 Å². The average Bonchev–Trinajstić information content (AvgIpc) is 2.62. The molecule has 2 aromatic carbocycles. The third-order valence-electron chi connectivity index (χ3n) is 4.29. The third-order valence-corrected chi connectivity index (χ3v) is 4.29. The van der Waals surface area contributed by atoms with Gasteiger partial charge in [-0.15, -0.1) is 0 Å². The molecule has 0 aliphatic carbocycles. The van der Waals surface area contributed by atoms with E-state index in [1.165, 1.54) is 35.5 Å². The summed E-state index contributed by atoms with van der Waals surface area (Å²) in [4.78, 5) is 26.8. The molecule has 0 aromatic heterocycles. The molecule has 1 saturated heterocycles. The van der Waals surface area contributed by atoms with Gasteiger partial charge in [-0.1, -0.05) is 17.7 Å². The minimum absolute atomic E-state index is 0.00394. The molecule has 2 aromatic rings. The first-order valence-electron chi connectivity index (χ1n) is 7.90. The van der Waals surface area contributed by atoms with Crippen LogP contribution >= 0.6 is 0 Å². The van der Waals surface area contributed by atoms with Crippen molar-refractivity contribution in [2.45, 2.75) is 6.92 Å². The van der Waals surface area contributed by atoms with Crippen molar-refractivity contribution >= 4 is 17.3 Å². The average molecular weight is 325 g/mol. The largest absolute Gasteiger partial charge is 0.368 e. The van der Waals surface area contributed by atoms with E-state index in [0.29, 0.717) is 18.7 Å². The molecule has 1 amide bonds. The van der Waals surface area contributed by atoms with Crippen LogP contribution in [0.4, 0.5) is 11.4 Å². The highest BCUT2D eigenvalue weighted by Crippen LogP contribution is 2.19. The summed E-state index contributed by atoms with van der Waals surface area (Å²) < 4.78 is 0. The van der Waals surface area contributed by atoms with Crippen molar-refractivity contribution in [2.75, 3.05) is 31.1 Å². The number of rotatable bonds is 3. The summed E-state index contributed by atoms with van der Waals surface area (Å²) in [5.74, 6) is -0.0755. The molecule has 0 N–H and O–H groups in total. The van der Waals surface area contributed by atoms with Crippen molar-refractivity contribution in [2.24, 2.45) is 0 Å². The van der Waals surface area contributed by atoms with Crippen LogP contribution in [0.3, 0.4) is 0 Å². The Morgan fingerprint density at radius 2 is 1.54 bits per heavy atom. The SMILES string of the molecule is Cc1ccc(N2CCN(C(=O)c3ccc([N+](=O)[O-])cc3)CC2)cc1. The zero-order valence-corrected chi connectivity index (χ0v) is 13.5. The lowest BCUT2D eigenvalue weighted by Crippen LogP contribution is -2.48. The standard InChI is InChI=1S/C18H19N3O3/c1-14-2-6-16(7-3-14)19-10-12-20(13-11-19)18(22)15-4-8-17(9-5-15)21(23)24/h2-9H,10-13H2,1H3. The van der Waals surface area contributed by atoms with Crippen molar-refractivity contribution in [1.29, 1.82) is 0 Å². The van der Waals surface area contributed by atoms with E-state index in [0.717, 1.165) is 13.1 Å². The molecule has 6 nitrogen and oxygen atoms in total. The number of nitro groups is 1. The maximum absolute atomic E-state index is 12.5. The van der Waals surface area contributed by atoms with E-state index in [4.69, 9.17) is 0 Å². The Morgan fingerprint density at radius 3 is 2.08 bits per heavy atom. The van der Waals surface area contributed by atoms with Crippen LogP contribution in [0.1, 0.15) is 15.9 Å². The Balaban J connectivity index is 1.62. The number of non-ortho nitro benzene ring substituents is 1. The lowest BCUT2D eigenvalue weighted by molar-refractivity contribution is -0.384. The number of hydrogen-bond donors (Lipinski definition) is 0.